The lowest BCUT2D eigenvalue weighted by atomic mass is 9.95. The van der Waals surface area contributed by atoms with Gasteiger partial charge in [0.25, 0.3) is 11.7 Å². The highest BCUT2D eigenvalue weighted by atomic mass is 16.5. The first-order valence-electron chi connectivity index (χ1n) is 12.2. The summed E-state index contributed by atoms with van der Waals surface area (Å²) in [5.41, 5.74) is 0.917. The van der Waals surface area contributed by atoms with E-state index in [0.29, 0.717) is 35.7 Å². The molecule has 8 nitrogen and oxygen atoms in total. The SMILES string of the molecule is CCN(CC)CCN1C(=O)C(=O)/C(=C(\O)c2cccc(OC(C)C)c2)C1c1cccc(OC(C)=O)c1. The number of ether oxygens (including phenoxy) is 2. The van der Waals surface area contributed by atoms with Crippen molar-refractivity contribution in [2.24, 2.45) is 0 Å². The van der Waals surface area contributed by atoms with E-state index in [1.807, 2.05) is 27.7 Å². The maximum Gasteiger partial charge on any atom is 0.308 e. The summed E-state index contributed by atoms with van der Waals surface area (Å²) in [6.45, 7) is 11.6. The molecule has 0 bridgehead atoms. The number of carbonyl (C=O) groups is 3. The summed E-state index contributed by atoms with van der Waals surface area (Å²) < 4.78 is 11.0. The van der Waals surface area contributed by atoms with Gasteiger partial charge in [-0.05, 0) is 56.8 Å². The van der Waals surface area contributed by atoms with Crippen LogP contribution in [-0.2, 0) is 14.4 Å². The summed E-state index contributed by atoms with van der Waals surface area (Å²) in [5.74, 6) is -1.37. The van der Waals surface area contributed by atoms with Crippen molar-refractivity contribution in [2.75, 3.05) is 26.2 Å². The molecule has 0 spiro atoms. The molecule has 1 saturated heterocycles. The second-order valence-electron chi connectivity index (χ2n) is 8.88. The Hall–Kier alpha value is -3.65. The summed E-state index contributed by atoms with van der Waals surface area (Å²) in [4.78, 5) is 41.6. The molecule has 1 heterocycles. The van der Waals surface area contributed by atoms with Crippen molar-refractivity contribution in [3.8, 4) is 11.5 Å². The topological polar surface area (TPSA) is 96.4 Å². The third kappa shape index (κ3) is 6.12. The third-order valence-electron chi connectivity index (χ3n) is 6.01. The first-order valence-corrected chi connectivity index (χ1v) is 12.2. The Labute approximate surface area is 212 Å². The van der Waals surface area contributed by atoms with E-state index in [9.17, 15) is 19.5 Å². The van der Waals surface area contributed by atoms with Crippen LogP contribution in [0.1, 0.15) is 51.8 Å². The van der Waals surface area contributed by atoms with E-state index >= 15 is 0 Å². The second kappa shape index (κ2) is 11.9. The van der Waals surface area contributed by atoms with Crippen molar-refractivity contribution in [3.05, 3.63) is 65.2 Å². The molecule has 2 aromatic carbocycles. The van der Waals surface area contributed by atoms with Gasteiger partial charge in [0, 0.05) is 25.6 Å². The average Bonchev–Trinajstić information content (AvgIpc) is 3.08. The standard InChI is InChI=1S/C28H34N2O6/c1-6-29(7-2)14-15-30-25(20-10-8-13-23(16-20)36-19(5)31)24(27(33)28(30)34)26(32)21-11-9-12-22(17-21)35-18(3)4/h8-13,16-18,25,32H,6-7,14-15H2,1-5H3/b26-24-. The lowest BCUT2D eigenvalue weighted by Crippen LogP contribution is -2.38. The van der Waals surface area contributed by atoms with Crippen molar-refractivity contribution in [2.45, 2.75) is 46.8 Å². The number of rotatable bonds is 10. The predicted molar refractivity (Wildman–Crippen MR) is 137 cm³/mol. The van der Waals surface area contributed by atoms with Crippen molar-refractivity contribution in [1.29, 1.82) is 0 Å². The number of aliphatic hydroxyl groups is 1. The van der Waals surface area contributed by atoms with Gasteiger partial charge in [-0.25, -0.2) is 0 Å². The van der Waals surface area contributed by atoms with Gasteiger partial charge in [0.15, 0.2) is 0 Å². The average molecular weight is 495 g/mol. The number of benzene rings is 2. The summed E-state index contributed by atoms with van der Waals surface area (Å²) in [5, 5.41) is 11.3. The van der Waals surface area contributed by atoms with E-state index in [-0.39, 0.29) is 17.4 Å². The Kier molecular flexibility index (Phi) is 8.88. The zero-order valence-electron chi connectivity index (χ0n) is 21.5. The van der Waals surface area contributed by atoms with E-state index in [4.69, 9.17) is 9.47 Å². The minimum atomic E-state index is -0.842. The molecule has 0 saturated carbocycles. The molecule has 1 unspecified atom stereocenters. The molecule has 3 rings (SSSR count). The van der Waals surface area contributed by atoms with Crippen molar-refractivity contribution >= 4 is 23.4 Å². The highest BCUT2D eigenvalue weighted by Gasteiger charge is 2.46. The zero-order valence-corrected chi connectivity index (χ0v) is 21.5. The van der Waals surface area contributed by atoms with E-state index in [1.54, 1.807) is 48.5 Å². The Morgan fingerprint density at radius 3 is 2.36 bits per heavy atom. The van der Waals surface area contributed by atoms with Gasteiger partial charge in [0.1, 0.15) is 17.3 Å². The van der Waals surface area contributed by atoms with Gasteiger partial charge < -0.3 is 24.4 Å². The molecule has 1 N–H and O–H groups in total. The molecule has 0 aromatic heterocycles. The highest BCUT2D eigenvalue weighted by molar-refractivity contribution is 6.46. The summed E-state index contributed by atoms with van der Waals surface area (Å²) in [6, 6.07) is 12.6. The summed E-state index contributed by atoms with van der Waals surface area (Å²) in [7, 11) is 0. The number of nitrogens with zero attached hydrogens (tertiary/aromatic N) is 2. The molecule has 1 aliphatic heterocycles. The molecule has 1 fully saturated rings. The van der Waals surface area contributed by atoms with Gasteiger partial charge in [0.2, 0.25) is 0 Å². The van der Waals surface area contributed by atoms with E-state index in [0.717, 1.165) is 13.1 Å². The minimum Gasteiger partial charge on any atom is -0.507 e. The summed E-state index contributed by atoms with van der Waals surface area (Å²) in [6.07, 6.45) is -0.0722. The van der Waals surface area contributed by atoms with Crippen molar-refractivity contribution in [1.82, 2.24) is 9.80 Å². The molecule has 192 valence electrons. The van der Waals surface area contributed by atoms with Crippen LogP contribution in [0.4, 0.5) is 0 Å². The second-order valence-corrected chi connectivity index (χ2v) is 8.88. The molecular formula is C28H34N2O6. The van der Waals surface area contributed by atoms with Crippen LogP contribution in [0.3, 0.4) is 0 Å². The molecular weight excluding hydrogens is 460 g/mol. The van der Waals surface area contributed by atoms with Gasteiger partial charge in [0.05, 0.1) is 17.7 Å². The van der Waals surface area contributed by atoms with E-state index in [2.05, 4.69) is 4.90 Å². The lowest BCUT2D eigenvalue weighted by molar-refractivity contribution is -0.140. The fourth-order valence-corrected chi connectivity index (χ4v) is 4.30. The third-order valence-corrected chi connectivity index (χ3v) is 6.01. The molecule has 8 heteroatoms. The molecule has 1 aliphatic rings. The number of esters is 1. The van der Waals surface area contributed by atoms with Crippen LogP contribution in [0, 0.1) is 0 Å². The number of carbonyl (C=O) groups excluding carboxylic acids is 3. The first kappa shape index (κ1) is 26.9. The van der Waals surface area contributed by atoms with E-state index < -0.39 is 23.7 Å². The molecule has 2 aromatic rings. The van der Waals surface area contributed by atoms with Crippen molar-refractivity contribution < 1.29 is 29.0 Å². The number of aliphatic hydroxyl groups excluding tert-OH is 1. The molecule has 1 amide bonds. The van der Waals surface area contributed by atoms with Gasteiger partial charge >= 0.3 is 5.97 Å². The predicted octanol–water partition coefficient (Wildman–Crippen LogP) is 4.16. The quantitative estimate of drug-likeness (QED) is 0.174. The molecule has 1 atom stereocenters. The fourth-order valence-electron chi connectivity index (χ4n) is 4.30. The Morgan fingerprint density at radius 1 is 1.06 bits per heavy atom. The van der Waals surface area contributed by atoms with Crippen LogP contribution < -0.4 is 9.47 Å². The number of ketones is 1. The monoisotopic (exact) mass is 494 g/mol. The number of hydrogen-bond donors (Lipinski definition) is 1. The van der Waals surface area contributed by atoms with Gasteiger partial charge in [-0.1, -0.05) is 38.1 Å². The maximum atomic E-state index is 13.3. The molecule has 0 radical (unpaired) electrons. The number of hydrogen-bond acceptors (Lipinski definition) is 7. The first-order chi connectivity index (χ1) is 17.2. The Morgan fingerprint density at radius 2 is 1.72 bits per heavy atom. The van der Waals surface area contributed by atoms with Gasteiger partial charge in [-0.15, -0.1) is 0 Å². The van der Waals surface area contributed by atoms with Crippen LogP contribution in [0.15, 0.2) is 54.1 Å². The molecule has 0 aliphatic carbocycles. The van der Waals surface area contributed by atoms with Crippen LogP contribution >= 0.6 is 0 Å². The largest absolute Gasteiger partial charge is 0.507 e. The van der Waals surface area contributed by atoms with Gasteiger partial charge in [-0.3, -0.25) is 14.4 Å². The van der Waals surface area contributed by atoms with Gasteiger partial charge in [-0.2, -0.15) is 0 Å². The number of likely N-dealkylation sites (tertiary alicyclic amines) is 1. The van der Waals surface area contributed by atoms with Crippen LogP contribution in [0.25, 0.3) is 5.76 Å². The molecule has 36 heavy (non-hydrogen) atoms. The number of likely N-dealkylation sites (N-methyl/N-ethyl adjacent to an activating group) is 1. The highest BCUT2D eigenvalue weighted by Crippen LogP contribution is 2.40. The Balaban J connectivity index is 2.12. The van der Waals surface area contributed by atoms with Crippen molar-refractivity contribution in [3.63, 3.8) is 0 Å². The smallest absolute Gasteiger partial charge is 0.308 e. The van der Waals surface area contributed by atoms with Crippen LogP contribution in [0.2, 0.25) is 0 Å². The minimum absolute atomic E-state index is 0.0128. The zero-order chi connectivity index (χ0) is 26.4. The number of Topliss-reactive ketones (excluding diaryl/α,β-unsaturated/α-hetero) is 1. The lowest BCUT2D eigenvalue weighted by Gasteiger charge is -2.28. The van der Waals surface area contributed by atoms with Crippen LogP contribution in [0.5, 0.6) is 11.5 Å². The number of amides is 1. The fraction of sp³-hybridized carbons (Fsp3) is 0.393. The Bertz CT molecular complexity index is 1150. The maximum absolute atomic E-state index is 13.3. The van der Waals surface area contributed by atoms with E-state index in [1.165, 1.54) is 11.8 Å². The summed E-state index contributed by atoms with van der Waals surface area (Å²) >= 11 is 0. The van der Waals surface area contributed by atoms with Crippen LogP contribution in [-0.4, -0.2) is 64.8 Å². The normalized spacial score (nSPS) is 17.2.